The predicted octanol–water partition coefficient (Wildman–Crippen LogP) is 0.502. The number of carbonyl (C=O) groups is 2. The summed E-state index contributed by atoms with van der Waals surface area (Å²) in [6.07, 6.45) is 2.71. The SMILES string of the molecule is CC(C)NC(=O)C(C)NCCC(=O)N1CCCC1. The van der Waals surface area contributed by atoms with E-state index in [1.807, 2.05) is 25.7 Å². The number of likely N-dealkylation sites (tertiary alicyclic amines) is 1. The summed E-state index contributed by atoms with van der Waals surface area (Å²) in [6.45, 7) is 8.02. The summed E-state index contributed by atoms with van der Waals surface area (Å²) in [7, 11) is 0. The van der Waals surface area contributed by atoms with Gasteiger partial charge in [0.2, 0.25) is 11.8 Å². The zero-order chi connectivity index (χ0) is 13.5. The van der Waals surface area contributed by atoms with Gasteiger partial charge in [-0.25, -0.2) is 0 Å². The van der Waals surface area contributed by atoms with Gasteiger partial charge >= 0.3 is 0 Å². The first kappa shape index (κ1) is 15.0. The molecule has 0 saturated carbocycles. The van der Waals surface area contributed by atoms with Crippen molar-refractivity contribution in [1.82, 2.24) is 15.5 Å². The van der Waals surface area contributed by atoms with Crippen LogP contribution in [0.2, 0.25) is 0 Å². The zero-order valence-corrected chi connectivity index (χ0v) is 11.7. The van der Waals surface area contributed by atoms with E-state index in [4.69, 9.17) is 0 Å². The minimum absolute atomic E-state index is 0.0152. The lowest BCUT2D eigenvalue weighted by molar-refractivity contribution is -0.130. The van der Waals surface area contributed by atoms with Crippen molar-refractivity contribution in [2.24, 2.45) is 0 Å². The molecule has 104 valence electrons. The molecular formula is C13H25N3O2. The highest BCUT2D eigenvalue weighted by Gasteiger charge is 2.18. The Bertz CT molecular complexity index is 286. The van der Waals surface area contributed by atoms with Gasteiger partial charge in [0.25, 0.3) is 0 Å². The molecule has 1 aliphatic rings. The molecule has 0 aliphatic carbocycles. The van der Waals surface area contributed by atoms with E-state index in [2.05, 4.69) is 10.6 Å². The summed E-state index contributed by atoms with van der Waals surface area (Å²) >= 11 is 0. The fraction of sp³-hybridized carbons (Fsp3) is 0.846. The van der Waals surface area contributed by atoms with Gasteiger partial charge in [-0.3, -0.25) is 9.59 Å². The van der Waals surface area contributed by atoms with Gasteiger partial charge in [-0.2, -0.15) is 0 Å². The summed E-state index contributed by atoms with van der Waals surface area (Å²) in [5, 5.41) is 5.92. The fourth-order valence-electron chi connectivity index (χ4n) is 2.02. The van der Waals surface area contributed by atoms with E-state index in [0.717, 1.165) is 25.9 Å². The highest BCUT2D eigenvalue weighted by atomic mass is 16.2. The number of hydrogen-bond acceptors (Lipinski definition) is 3. The first-order chi connectivity index (χ1) is 8.50. The maximum atomic E-state index is 11.8. The fourth-order valence-corrected chi connectivity index (χ4v) is 2.02. The Morgan fingerprint density at radius 1 is 1.17 bits per heavy atom. The third-order valence-electron chi connectivity index (χ3n) is 3.07. The smallest absolute Gasteiger partial charge is 0.237 e. The van der Waals surface area contributed by atoms with Crippen LogP contribution in [0, 0.1) is 0 Å². The second kappa shape index (κ2) is 7.36. The third-order valence-corrected chi connectivity index (χ3v) is 3.07. The van der Waals surface area contributed by atoms with Crippen LogP contribution in [0.3, 0.4) is 0 Å². The molecule has 2 N–H and O–H groups in total. The molecule has 0 bridgehead atoms. The van der Waals surface area contributed by atoms with E-state index in [1.54, 1.807) is 0 Å². The van der Waals surface area contributed by atoms with Crippen molar-refractivity contribution < 1.29 is 9.59 Å². The van der Waals surface area contributed by atoms with Crippen LogP contribution in [-0.4, -0.2) is 48.4 Å². The average molecular weight is 255 g/mol. The summed E-state index contributed by atoms with van der Waals surface area (Å²) in [6, 6.07) is -0.105. The van der Waals surface area contributed by atoms with Crippen LogP contribution >= 0.6 is 0 Å². The minimum atomic E-state index is -0.251. The molecule has 0 spiro atoms. The van der Waals surface area contributed by atoms with Crippen molar-refractivity contribution in [3.05, 3.63) is 0 Å². The standard InChI is InChI=1S/C13H25N3O2/c1-10(2)15-13(18)11(3)14-7-6-12(17)16-8-4-5-9-16/h10-11,14H,4-9H2,1-3H3,(H,15,18). The van der Waals surface area contributed by atoms with E-state index < -0.39 is 0 Å². The van der Waals surface area contributed by atoms with Gasteiger partial charge in [-0.05, 0) is 33.6 Å². The monoisotopic (exact) mass is 255 g/mol. The zero-order valence-electron chi connectivity index (χ0n) is 11.7. The topological polar surface area (TPSA) is 61.4 Å². The number of carbonyl (C=O) groups excluding carboxylic acids is 2. The quantitative estimate of drug-likeness (QED) is 0.726. The van der Waals surface area contributed by atoms with E-state index in [9.17, 15) is 9.59 Å². The van der Waals surface area contributed by atoms with Crippen molar-refractivity contribution in [2.45, 2.75) is 52.1 Å². The normalized spacial score (nSPS) is 17.0. The molecule has 0 aromatic carbocycles. The lowest BCUT2D eigenvalue weighted by Crippen LogP contribution is -2.45. The highest BCUT2D eigenvalue weighted by Crippen LogP contribution is 2.08. The maximum Gasteiger partial charge on any atom is 0.237 e. The van der Waals surface area contributed by atoms with Crippen LogP contribution in [-0.2, 0) is 9.59 Å². The molecule has 1 aliphatic heterocycles. The maximum absolute atomic E-state index is 11.8. The summed E-state index contributed by atoms with van der Waals surface area (Å²) < 4.78 is 0. The van der Waals surface area contributed by atoms with Crippen LogP contribution in [0.1, 0.15) is 40.0 Å². The molecule has 1 rings (SSSR count). The Kier molecular flexibility index (Phi) is 6.12. The van der Waals surface area contributed by atoms with E-state index in [1.165, 1.54) is 0 Å². The lowest BCUT2D eigenvalue weighted by atomic mass is 10.2. The van der Waals surface area contributed by atoms with Gasteiger partial charge in [0.05, 0.1) is 6.04 Å². The second-order valence-corrected chi connectivity index (χ2v) is 5.18. The molecular weight excluding hydrogens is 230 g/mol. The van der Waals surface area contributed by atoms with Gasteiger partial charge in [-0.1, -0.05) is 0 Å². The van der Waals surface area contributed by atoms with Crippen LogP contribution in [0.4, 0.5) is 0 Å². The van der Waals surface area contributed by atoms with Crippen LogP contribution in [0.25, 0.3) is 0 Å². The molecule has 5 nitrogen and oxygen atoms in total. The molecule has 0 aromatic heterocycles. The molecule has 0 aromatic rings. The highest BCUT2D eigenvalue weighted by molar-refractivity contribution is 5.81. The molecule has 18 heavy (non-hydrogen) atoms. The lowest BCUT2D eigenvalue weighted by Gasteiger charge is -2.18. The number of nitrogens with zero attached hydrogens (tertiary/aromatic N) is 1. The molecule has 1 unspecified atom stereocenters. The number of nitrogens with one attached hydrogen (secondary N) is 2. The molecule has 1 saturated heterocycles. The van der Waals surface area contributed by atoms with Crippen molar-refractivity contribution in [3.63, 3.8) is 0 Å². The van der Waals surface area contributed by atoms with Crippen molar-refractivity contribution >= 4 is 11.8 Å². The van der Waals surface area contributed by atoms with Crippen molar-refractivity contribution in [1.29, 1.82) is 0 Å². The third kappa shape index (κ3) is 5.04. The first-order valence-electron chi connectivity index (χ1n) is 6.82. The largest absolute Gasteiger partial charge is 0.353 e. The molecule has 1 atom stereocenters. The van der Waals surface area contributed by atoms with E-state index in [0.29, 0.717) is 13.0 Å². The van der Waals surface area contributed by atoms with Crippen molar-refractivity contribution in [2.75, 3.05) is 19.6 Å². The summed E-state index contributed by atoms with van der Waals surface area (Å²) in [5.74, 6) is 0.176. The van der Waals surface area contributed by atoms with Gasteiger partial charge in [-0.15, -0.1) is 0 Å². The van der Waals surface area contributed by atoms with Crippen LogP contribution in [0.15, 0.2) is 0 Å². The second-order valence-electron chi connectivity index (χ2n) is 5.18. The molecule has 1 fully saturated rings. The molecule has 0 radical (unpaired) electrons. The number of amides is 2. The van der Waals surface area contributed by atoms with Crippen LogP contribution in [0.5, 0.6) is 0 Å². The van der Waals surface area contributed by atoms with Gasteiger partial charge < -0.3 is 15.5 Å². The van der Waals surface area contributed by atoms with Crippen molar-refractivity contribution in [3.8, 4) is 0 Å². The Morgan fingerprint density at radius 3 is 2.33 bits per heavy atom. The van der Waals surface area contributed by atoms with Crippen LogP contribution < -0.4 is 10.6 Å². The van der Waals surface area contributed by atoms with Gasteiger partial charge in [0.15, 0.2) is 0 Å². The Morgan fingerprint density at radius 2 is 1.78 bits per heavy atom. The molecule has 2 amide bonds. The summed E-state index contributed by atoms with van der Waals surface area (Å²) in [4.78, 5) is 25.3. The Balaban J connectivity index is 2.16. The van der Waals surface area contributed by atoms with Gasteiger partial charge in [0.1, 0.15) is 0 Å². The van der Waals surface area contributed by atoms with Gasteiger partial charge in [0, 0.05) is 32.1 Å². The predicted molar refractivity (Wildman–Crippen MR) is 71.2 cm³/mol. The van der Waals surface area contributed by atoms with E-state index in [-0.39, 0.29) is 23.9 Å². The average Bonchev–Trinajstić information content (AvgIpc) is 2.81. The first-order valence-corrected chi connectivity index (χ1v) is 6.82. The Hall–Kier alpha value is -1.10. The summed E-state index contributed by atoms with van der Waals surface area (Å²) in [5.41, 5.74) is 0. The number of rotatable bonds is 6. The number of hydrogen-bond donors (Lipinski definition) is 2. The minimum Gasteiger partial charge on any atom is -0.353 e. The molecule has 1 heterocycles. The molecule has 5 heteroatoms. The van der Waals surface area contributed by atoms with E-state index >= 15 is 0 Å². The Labute approximate surface area is 109 Å².